The Balaban J connectivity index is 2.40. The summed E-state index contributed by atoms with van der Waals surface area (Å²) in [4.78, 5) is 11.6. The van der Waals surface area contributed by atoms with E-state index >= 15 is 0 Å². The quantitative estimate of drug-likeness (QED) is 0.775. The van der Waals surface area contributed by atoms with Crippen molar-refractivity contribution < 1.29 is 9.53 Å². The minimum Gasteiger partial charge on any atom is -0.444 e. The Morgan fingerprint density at radius 2 is 2.25 bits per heavy atom. The van der Waals surface area contributed by atoms with Crippen LogP contribution in [0.2, 0.25) is 0 Å². The fourth-order valence-corrected chi connectivity index (χ4v) is 2.03. The van der Waals surface area contributed by atoms with Gasteiger partial charge in [-0.1, -0.05) is 6.92 Å². The van der Waals surface area contributed by atoms with Crippen molar-refractivity contribution in [3.05, 3.63) is 0 Å². The molecule has 0 aliphatic carbocycles. The number of hydrogen-bond donors (Lipinski definition) is 2. The first-order valence-corrected chi connectivity index (χ1v) is 6.12. The van der Waals surface area contributed by atoms with Crippen LogP contribution in [0.5, 0.6) is 0 Å². The van der Waals surface area contributed by atoms with Crippen LogP contribution in [-0.2, 0) is 4.74 Å². The summed E-state index contributed by atoms with van der Waals surface area (Å²) in [5.74, 6) is 0.539. The molecule has 4 nitrogen and oxygen atoms in total. The predicted octanol–water partition coefficient (Wildman–Crippen LogP) is 1.90. The van der Waals surface area contributed by atoms with Gasteiger partial charge in [0.15, 0.2) is 0 Å². The molecule has 0 aromatic rings. The zero-order valence-corrected chi connectivity index (χ0v) is 10.8. The first kappa shape index (κ1) is 13.3. The van der Waals surface area contributed by atoms with Crippen molar-refractivity contribution in [1.82, 2.24) is 10.6 Å². The molecule has 94 valence electrons. The van der Waals surface area contributed by atoms with Gasteiger partial charge in [0.1, 0.15) is 5.60 Å². The van der Waals surface area contributed by atoms with E-state index in [1.54, 1.807) is 0 Å². The second kappa shape index (κ2) is 5.53. The molecule has 0 bridgehead atoms. The van der Waals surface area contributed by atoms with E-state index in [-0.39, 0.29) is 12.1 Å². The SMILES string of the molecule is CC[C@H](NC(=O)OC(C)(C)C)[C@H]1CCNC1. The van der Waals surface area contributed by atoms with Gasteiger partial charge in [-0.05, 0) is 52.6 Å². The van der Waals surface area contributed by atoms with Crippen molar-refractivity contribution in [3.63, 3.8) is 0 Å². The maximum Gasteiger partial charge on any atom is 0.407 e. The highest BCUT2D eigenvalue weighted by Gasteiger charge is 2.26. The molecule has 1 rings (SSSR count). The van der Waals surface area contributed by atoms with E-state index in [4.69, 9.17) is 4.74 Å². The summed E-state index contributed by atoms with van der Waals surface area (Å²) in [7, 11) is 0. The second-order valence-electron chi connectivity index (χ2n) is 5.41. The highest BCUT2D eigenvalue weighted by atomic mass is 16.6. The van der Waals surface area contributed by atoms with Crippen LogP contribution in [0.25, 0.3) is 0 Å². The van der Waals surface area contributed by atoms with Crippen LogP contribution in [0.15, 0.2) is 0 Å². The second-order valence-corrected chi connectivity index (χ2v) is 5.41. The van der Waals surface area contributed by atoms with E-state index in [0.29, 0.717) is 5.92 Å². The van der Waals surface area contributed by atoms with E-state index in [1.165, 1.54) is 0 Å². The van der Waals surface area contributed by atoms with Gasteiger partial charge in [0.2, 0.25) is 0 Å². The van der Waals surface area contributed by atoms with Crippen LogP contribution in [-0.4, -0.2) is 30.8 Å². The fourth-order valence-electron chi connectivity index (χ4n) is 2.03. The number of amides is 1. The van der Waals surface area contributed by atoms with E-state index in [2.05, 4.69) is 17.6 Å². The normalized spacial score (nSPS) is 22.9. The van der Waals surface area contributed by atoms with Crippen LogP contribution >= 0.6 is 0 Å². The van der Waals surface area contributed by atoms with Crippen LogP contribution in [0.3, 0.4) is 0 Å². The molecule has 1 aliphatic rings. The number of nitrogens with one attached hydrogen (secondary N) is 2. The first-order chi connectivity index (χ1) is 7.42. The van der Waals surface area contributed by atoms with Gasteiger partial charge in [0, 0.05) is 6.04 Å². The maximum absolute atomic E-state index is 11.6. The minimum atomic E-state index is -0.420. The fraction of sp³-hybridized carbons (Fsp3) is 0.917. The van der Waals surface area contributed by atoms with Gasteiger partial charge in [-0.15, -0.1) is 0 Å². The van der Waals surface area contributed by atoms with Gasteiger partial charge in [-0.25, -0.2) is 4.79 Å². The summed E-state index contributed by atoms with van der Waals surface area (Å²) >= 11 is 0. The molecule has 0 radical (unpaired) electrons. The van der Waals surface area contributed by atoms with Gasteiger partial charge in [0.05, 0.1) is 0 Å². The molecule has 0 aromatic heterocycles. The summed E-state index contributed by atoms with van der Waals surface area (Å²) in [6.07, 6.45) is 1.78. The minimum absolute atomic E-state index is 0.227. The maximum atomic E-state index is 11.6. The molecule has 1 amide bonds. The molecule has 1 aliphatic heterocycles. The molecule has 1 saturated heterocycles. The Morgan fingerprint density at radius 3 is 2.69 bits per heavy atom. The molecular weight excluding hydrogens is 204 g/mol. The Labute approximate surface area is 98.1 Å². The molecule has 2 atom stereocenters. The van der Waals surface area contributed by atoms with Gasteiger partial charge < -0.3 is 15.4 Å². The molecule has 0 aromatic carbocycles. The van der Waals surface area contributed by atoms with Crippen molar-refractivity contribution in [3.8, 4) is 0 Å². The Kier molecular flexibility index (Phi) is 4.59. The molecule has 16 heavy (non-hydrogen) atoms. The van der Waals surface area contributed by atoms with Crippen molar-refractivity contribution in [1.29, 1.82) is 0 Å². The van der Waals surface area contributed by atoms with Crippen molar-refractivity contribution in [2.75, 3.05) is 13.1 Å². The van der Waals surface area contributed by atoms with E-state index in [9.17, 15) is 4.79 Å². The number of alkyl carbamates (subject to hydrolysis) is 1. The van der Waals surface area contributed by atoms with Gasteiger partial charge in [0.25, 0.3) is 0 Å². The van der Waals surface area contributed by atoms with Crippen LogP contribution in [0, 0.1) is 5.92 Å². The number of rotatable bonds is 3. The lowest BCUT2D eigenvalue weighted by Crippen LogP contribution is -2.43. The summed E-state index contributed by atoms with van der Waals surface area (Å²) < 4.78 is 5.26. The molecule has 1 heterocycles. The lowest BCUT2D eigenvalue weighted by molar-refractivity contribution is 0.0486. The lowest BCUT2D eigenvalue weighted by atomic mass is 9.97. The Morgan fingerprint density at radius 1 is 1.56 bits per heavy atom. The molecule has 2 N–H and O–H groups in total. The average molecular weight is 228 g/mol. The molecule has 0 unspecified atom stereocenters. The third kappa shape index (κ3) is 4.39. The van der Waals surface area contributed by atoms with Gasteiger partial charge in [-0.2, -0.15) is 0 Å². The van der Waals surface area contributed by atoms with E-state index in [1.807, 2.05) is 20.8 Å². The highest BCUT2D eigenvalue weighted by Crippen LogP contribution is 2.16. The van der Waals surface area contributed by atoms with Crippen LogP contribution < -0.4 is 10.6 Å². The number of carbonyl (C=O) groups is 1. The monoisotopic (exact) mass is 228 g/mol. The zero-order chi connectivity index (χ0) is 12.2. The third-order valence-corrected chi connectivity index (χ3v) is 2.81. The summed E-state index contributed by atoms with van der Waals surface area (Å²) in [6.45, 7) is 9.78. The number of hydrogen-bond acceptors (Lipinski definition) is 3. The van der Waals surface area contributed by atoms with Gasteiger partial charge >= 0.3 is 6.09 Å². The third-order valence-electron chi connectivity index (χ3n) is 2.81. The topological polar surface area (TPSA) is 50.4 Å². The van der Waals surface area contributed by atoms with E-state index in [0.717, 1.165) is 25.9 Å². The predicted molar refractivity (Wildman–Crippen MR) is 64.4 cm³/mol. The largest absolute Gasteiger partial charge is 0.444 e. The first-order valence-electron chi connectivity index (χ1n) is 6.12. The summed E-state index contributed by atoms with van der Waals surface area (Å²) in [5.41, 5.74) is -0.420. The van der Waals surface area contributed by atoms with E-state index < -0.39 is 5.60 Å². The highest BCUT2D eigenvalue weighted by molar-refractivity contribution is 5.68. The summed E-state index contributed by atoms with van der Waals surface area (Å²) in [5, 5.41) is 6.28. The molecule has 1 fully saturated rings. The standard InChI is InChI=1S/C12H24N2O2/c1-5-10(9-6-7-13-8-9)14-11(15)16-12(2,3)4/h9-10,13H,5-8H2,1-4H3,(H,14,15)/t9-,10-/m0/s1. The van der Waals surface area contributed by atoms with Crippen molar-refractivity contribution >= 4 is 6.09 Å². The average Bonchev–Trinajstić information content (AvgIpc) is 2.63. The zero-order valence-electron chi connectivity index (χ0n) is 10.8. The summed E-state index contributed by atoms with van der Waals surface area (Å²) in [6, 6.07) is 0.227. The molecule has 4 heteroatoms. The smallest absolute Gasteiger partial charge is 0.407 e. The Bertz CT molecular complexity index is 230. The van der Waals surface area contributed by atoms with Crippen LogP contribution in [0.4, 0.5) is 4.79 Å². The number of carbonyl (C=O) groups excluding carboxylic acids is 1. The van der Waals surface area contributed by atoms with Crippen molar-refractivity contribution in [2.45, 2.75) is 52.2 Å². The van der Waals surface area contributed by atoms with Crippen LogP contribution in [0.1, 0.15) is 40.5 Å². The molecular formula is C12H24N2O2. The number of ether oxygens (including phenoxy) is 1. The van der Waals surface area contributed by atoms with Gasteiger partial charge in [-0.3, -0.25) is 0 Å². The van der Waals surface area contributed by atoms with Crippen molar-refractivity contribution in [2.24, 2.45) is 5.92 Å². The lowest BCUT2D eigenvalue weighted by Gasteiger charge is -2.26. The molecule has 0 spiro atoms. The molecule has 0 saturated carbocycles. The Hall–Kier alpha value is -0.770.